The Morgan fingerprint density at radius 1 is 1.91 bits per heavy atom. The van der Waals surface area contributed by atoms with Crippen LogP contribution in [0.4, 0.5) is 0 Å². The molecule has 1 heterocycles. The summed E-state index contributed by atoms with van der Waals surface area (Å²) in [6.07, 6.45) is 0.713. The van der Waals surface area contributed by atoms with Crippen molar-refractivity contribution in [3.05, 3.63) is 17.5 Å². The van der Waals surface area contributed by atoms with Crippen LogP contribution in [0.15, 0.2) is 10.6 Å². The maximum atomic E-state index is 10.8. The molecule has 3 N–H and O–H groups in total. The minimum atomic E-state index is -0.437. The molecule has 0 aliphatic heterocycles. The molecule has 0 atom stereocenters. The van der Waals surface area contributed by atoms with Crippen LogP contribution in [0.25, 0.3) is 0 Å². The Hall–Kier alpha value is -1.36. The van der Waals surface area contributed by atoms with E-state index in [2.05, 4.69) is 5.16 Å². The summed E-state index contributed by atoms with van der Waals surface area (Å²) in [5, 5.41) is 3.49. The quantitative estimate of drug-likeness (QED) is 0.353. The van der Waals surface area contributed by atoms with Crippen molar-refractivity contribution in [2.75, 3.05) is 0 Å². The molecule has 60 valence electrons. The van der Waals surface area contributed by atoms with Crippen LogP contribution in [0.1, 0.15) is 23.2 Å². The van der Waals surface area contributed by atoms with Gasteiger partial charge in [-0.05, 0) is 0 Å². The lowest BCUT2D eigenvalue weighted by molar-refractivity contribution is 0.0944. The molecular weight excluding hydrogens is 146 g/mol. The minimum absolute atomic E-state index is 0.212. The van der Waals surface area contributed by atoms with E-state index in [9.17, 15) is 4.79 Å². The van der Waals surface area contributed by atoms with Crippen LogP contribution in [0, 0.1) is 0 Å². The third kappa shape index (κ3) is 1.56. The zero-order chi connectivity index (χ0) is 8.27. The van der Waals surface area contributed by atoms with Crippen LogP contribution < -0.4 is 11.3 Å². The molecule has 1 amide bonds. The third-order valence-corrected chi connectivity index (χ3v) is 1.27. The minimum Gasteiger partial charge on any atom is -0.361 e. The average Bonchev–Trinajstić information content (AvgIpc) is 2.50. The lowest BCUT2D eigenvalue weighted by Gasteiger charge is -1.88. The summed E-state index contributed by atoms with van der Waals surface area (Å²) in [5.74, 6) is 5.11. The number of hydrogen-bond acceptors (Lipinski definition) is 4. The lowest BCUT2D eigenvalue weighted by Crippen LogP contribution is -2.30. The van der Waals surface area contributed by atoms with Gasteiger partial charge >= 0.3 is 0 Å². The Balaban J connectivity index is 2.80. The summed E-state index contributed by atoms with van der Waals surface area (Å²) in [4.78, 5) is 10.8. The van der Waals surface area contributed by atoms with Crippen molar-refractivity contribution in [2.45, 2.75) is 13.3 Å². The smallest absolute Gasteiger partial charge is 0.287 e. The van der Waals surface area contributed by atoms with E-state index in [0.717, 1.165) is 0 Å². The summed E-state index contributed by atoms with van der Waals surface area (Å²) in [7, 11) is 0. The molecule has 1 aromatic rings. The van der Waals surface area contributed by atoms with Gasteiger partial charge in [0.25, 0.3) is 5.91 Å². The lowest BCUT2D eigenvalue weighted by atomic mass is 10.3. The number of hydrazine groups is 1. The fourth-order valence-electron chi connectivity index (χ4n) is 0.661. The highest BCUT2D eigenvalue weighted by Crippen LogP contribution is 2.02. The molecule has 0 aliphatic rings. The van der Waals surface area contributed by atoms with E-state index in [-0.39, 0.29) is 5.69 Å². The average molecular weight is 155 g/mol. The van der Waals surface area contributed by atoms with E-state index in [0.29, 0.717) is 12.2 Å². The molecule has 5 nitrogen and oxygen atoms in total. The van der Waals surface area contributed by atoms with Crippen LogP contribution in [0.2, 0.25) is 0 Å². The van der Waals surface area contributed by atoms with Crippen molar-refractivity contribution in [3.8, 4) is 0 Å². The Labute approximate surface area is 63.5 Å². The van der Waals surface area contributed by atoms with E-state index in [1.807, 2.05) is 12.3 Å². The molecule has 0 spiro atoms. The Morgan fingerprint density at radius 2 is 2.64 bits per heavy atom. The van der Waals surface area contributed by atoms with Gasteiger partial charge in [-0.3, -0.25) is 10.2 Å². The molecule has 0 saturated carbocycles. The van der Waals surface area contributed by atoms with Crippen molar-refractivity contribution in [3.63, 3.8) is 0 Å². The molecule has 0 radical (unpaired) electrons. The molecule has 1 rings (SSSR count). The number of nitrogen functional groups attached to an aromatic ring is 1. The largest absolute Gasteiger partial charge is 0.361 e. The van der Waals surface area contributed by atoms with Crippen LogP contribution >= 0.6 is 0 Å². The molecule has 0 fully saturated rings. The van der Waals surface area contributed by atoms with Gasteiger partial charge in [-0.1, -0.05) is 12.1 Å². The SMILES string of the molecule is CCc1cc(C(=O)NN)no1. The molecule has 1 aromatic heterocycles. The van der Waals surface area contributed by atoms with Gasteiger partial charge in [-0.25, -0.2) is 5.84 Å². The molecule has 0 aromatic carbocycles. The standard InChI is InChI=1S/C6H9N3O2/c1-2-4-3-5(9-11-4)6(10)8-7/h3H,2,7H2,1H3,(H,8,10). The number of nitrogens with zero attached hydrogens (tertiary/aromatic N) is 1. The van der Waals surface area contributed by atoms with Gasteiger partial charge in [0.15, 0.2) is 5.69 Å². The van der Waals surface area contributed by atoms with Crippen molar-refractivity contribution >= 4 is 5.91 Å². The third-order valence-electron chi connectivity index (χ3n) is 1.27. The first-order valence-corrected chi connectivity index (χ1v) is 3.24. The second-order valence-electron chi connectivity index (χ2n) is 2.01. The van der Waals surface area contributed by atoms with Gasteiger partial charge in [0, 0.05) is 12.5 Å². The number of carbonyl (C=O) groups is 1. The van der Waals surface area contributed by atoms with Gasteiger partial charge in [-0.15, -0.1) is 0 Å². The highest BCUT2D eigenvalue weighted by molar-refractivity contribution is 5.91. The van der Waals surface area contributed by atoms with Gasteiger partial charge in [0.2, 0.25) is 0 Å². The molecule has 5 heteroatoms. The van der Waals surface area contributed by atoms with Crippen molar-refractivity contribution in [1.82, 2.24) is 10.6 Å². The summed E-state index contributed by atoms with van der Waals surface area (Å²) in [6.45, 7) is 1.91. The normalized spacial score (nSPS) is 9.64. The Kier molecular flexibility index (Phi) is 2.22. The topological polar surface area (TPSA) is 81.2 Å². The second kappa shape index (κ2) is 3.16. The number of rotatable bonds is 2. The molecule has 11 heavy (non-hydrogen) atoms. The number of aryl methyl sites for hydroxylation is 1. The van der Waals surface area contributed by atoms with Gasteiger partial charge < -0.3 is 4.52 Å². The van der Waals surface area contributed by atoms with E-state index in [1.165, 1.54) is 0 Å². The second-order valence-corrected chi connectivity index (χ2v) is 2.01. The van der Waals surface area contributed by atoms with Crippen molar-refractivity contribution < 1.29 is 9.32 Å². The molecule has 0 bridgehead atoms. The Morgan fingerprint density at radius 3 is 3.09 bits per heavy atom. The zero-order valence-electron chi connectivity index (χ0n) is 6.13. The highest BCUT2D eigenvalue weighted by atomic mass is 16.5. The van der Waals surface area contributed by atoms with E-state index in [1.54, 1.807) is 6.07 Å². The molecule has 0 unspecified atom stereocenters. The Bertz CT molecular complexity index is 256. The van der Waals surface area contributed by atoms with Crippen molar-refractivity contribution in [2.24, 2.45) is 5.84 Å². The summed E-state index contributed by atoms with van der Waals surface area (Å²) >= 11 is 0. The van der Waals surface area contributed by atoms with E-state index >= 15 is 0 Å². The number of hydrogen-bond donors (Lipinski definition) is 2. The summed E-state index contributed by atoms with van der Waals surface area (Å²) in [6, 6.07) is 1.56. The number of carbonyl (C=O) groups excluding carboxylic acids is 1. The number of nitrogens with two attached hydrogens (primary N) is 1. The first-order chi connectivity index (χ1) is 5.27. The maximum absolute atomic E-state index is 10.8. The van der Waals surface area contributed by atoms with Gasteiger partial charge in [0.1, 0.15) is 5.76 Å². The number of nitrogens with one attached hydrogen (secondary N) is 1. The van der Waals surface area contributed by atoms with Crippen LogP contribution in [0.3, 0.4) is 0 Å². The summed E-state index contributed by atoms with van der Waals surface area (Å²) in [5.41, 5.74) is 2.17. The highest BCUT2D eigenvalue weighted by Gasteiger charge is 2.08. The first-order valence-electron chi connectivity index (χ1n) is 3.24. The van der Waals surface area contributed by atoms with E-state index in [4.69, 9.17) is 10.4 Å². The van der Waals surface area contributed by atoms with Gasteiger partial charge in [0.05, 0.1) is 0 Å². The molecular formula is C6H9N3O2. The van der Waals surface area contributed by atoms with E-state index < -0.39 is 5.91 Å². The fraction of sp³-hybridized carbons (Fsp3) is 0.333. The predicted molar refractivity (Wildman–Crippen MR) is 37.5 cm³/mol. The predicted octanol–water partition coefficient (Wildman–Crippen LogP) is -0.160. The monoisotopic (exact) mass is 155 g/mol. The van der Waals surface area contributed by atoms with Gasteiger partial charge in [-0.2, -0.15) is 0 Å². The first kappa shape index (κ1) is 7.74. The van der Waals surface area contributed by atoms with Crippen LogP contribution in [-0.4, -0.2) is 11.1 Å². The molecule has 0 aliphatic carbocycles. The fourth-order valence-corrected chi connectivity index (χ4v) is 0.661. The number of aromatic nitrogens is 1. The number of amides is 1. The van der Waals surface area contributed by atoms with Crippen LogP contribution in [-0.2, 0) is 6.42 Å². The van der Waals surface area contributed by atoms with Crippen LogP contribution in [0.5, 0.6) is 0 Å². The summed E-state index contributed by atoms with van der Waals surface area (Å²) < 4.78 is 4.77. The zero-order valence-corrected chi connectivity index (χ0v) is 6.13. The van der Waals surface area contributed by atoms with Crippen molar-refractivity contribution in [1.29, 1.82) is 0 Å². The maximum Gasteiger partial charge on any atom is 0.287 e. The molecule has 0 saturated heterocycles.